The third-order valence-electron chi connectivity index (χ3n) is 4.90. The number of amides is 1. The molecule has 0 radical (unpaired) electrons. The molecule has 2 aromatic carbocycles. The summed E-state index contributed by atoms with van der Waals surface area (Å²) in [5.74, 6) is 3.22. The maximum atomic E-state index is 12.5. The highest BCUT2D eigenvalue weighted by molar-refractivity contribution is 6.31. The largest absolute Gasteiger partial charge is 0.495 e. The highest BCUT2D eigenvalue weighted by atomic mass is 35.5. The Balaban J connectivity index is 1.64. The van der Waals surface area contributed by atoms with E-state index in [1.165, 1.54) is 11.1 Å². The average molecular weight is 383 g/mol. The van der Waals surface area contributed by atoms with E-state index < -0.39 is 0 Å². The summed E-state index contributed by atoms with van der Waals surface area (Å²) >= 11 is 6.02. The number of rotatable bonds is 7. The molecule has 1 aliphatic rings. The fourth-order valence-corrected chi connectivity index (χ4v) is 3.78. The third-order valence-corrected chi connectivity index (χ3v) is 5.13. The van der Waals surface area contributed by atoms with Gasteiger partial charge in [-0.25, -0.2) is 0 Å². The number of hydrogen-bond acceptors (Lipinski definition) is 3. The van der Waals surface area contributed by atoms with Gasteiger partial charge in [0.25, 0.3) is 0 Å². The summed E-state index contributed by atoms with van der Waals surface area (Å²) in [6.45, 7) is 1.12. The van der Waals surface area contributed by atoms with Crippen molar-refractivity contribution < 1.29 is 9.53 Å². The van der Waals surface area contributed by atoms with Crippen LogP contribution >= 0.6 is 11.6 Å². The van der Waals surface area contributed by atoms with Crippen LogP contribution in [0.1, 0.15) is 30.0 Å². The third kappa shape index (κ3) is 4.63. The second-order valence-electron chi connectivity index (χ2n) is 6.57. The van der Waals surface area contributed by atoms with Gasteiger partial charge in [-0.15, -0.1) is 6.42 Å². The molecule has 0 aromatic heterocycles. The van der Waals surface area contributed by atoms with Crippen LogP contribution < -0.4 is 10.1 Å². The number of aryl methyl sites for hydroxylation is 1. The van der Waals surface area contributed by atoms with Crippen LogP contribution in [0.4, 0.5) is 5.69 Å². The van der Waals surface area contributed by atoms with Gasteiger partial charge in [0, 0.05) is 24.0 Å². The van der Waals surface area contributed by atoms with Crippen molar-refractivity contribution in [1.82, 2.24) is 4.90 Å². The van der Waals surface area contributed by atoms with E-state index in [-0.39, 0.29) is 11.9 Å². The van der Waals surface area contributed by atoms with Gasteiger partial charge in [0.2, 0.25) is 5.91 Å². The summed E-state index contributed by atoms with van der Waals surface area (Å²) in [4.78, 5) is 14.7. The lowest BCUT2D eigenvalue weighted by molar-refractivity contribution is -0.116. The topological polar surface area (TPSA) is 41.6 Å². The van der Waals surface area contributed by atoms with E-state index in [9.17, 15) is 4.79 Å². The van der Waals surface area contributed by atoms with Crippen LogP contribution in [0, 0.1) is 12.3 Å². The van der Waals surface area contributed by atoms with Crippen LogP contribution in [0.15, 0.2) is 42.5 Å². The first kappa shape index (κ1) is 19.3. The fraction of sp³-hybridized carbons (Fsp3) is 0.318. The number of anilines is 1. The highest BCUT2D eigenvalue weighted by Crippen LogP contribution is 2.35. The second kappa shape index (κ2) is 8.94. The first-order valence-corrected chi connectivity index (χ1v) is 9.39. The molecule has 4 nitrogen and oxygen atoms in total. The number of carbonyl (C=O) groups is 1. The summed E-state index contributed by atoms with van der Waals surface area (Å²) < 4.78 is 5.28. The Morgan fingerprint density at radius 3 is 2.96 bits per heavy atom. The number of benzene rings is 2. The van der Waals surface area contributed by atoms with Gasteiger partial charge in [-0.1, -0.05) is 41.8 Å². The molecule has 0 heterocycles. The van der Waals surface area contributed by atoms with Gasteiger partial charge >= 0.3 is 0 Å². The zero-order valence-corrected chi connectivity index (χ0v) is 16.1. The van der Waals surface area contributed by atoms with Crippen molar-refractivity contribution in [3.63, 3.8) is 0 Å². The summed E-state index contributed by atoms with van der Waals surface area (Å²) in [5, 5.41) is 3.43. The number of carbonyl (C=O) groups excluding carboxylic acids is 1. The van der Waals surface area contributed by atoms with E-state index in [0.717, 1.165) is 12.8 Å². The second-order valence-corrected chi connectivity index (χ2v) is 7.01. The lowest BCUT2D eigenvalue weighted by atomic mass is 10.1. The van der Waals surface area contributed by atoms with Crippen LogP contribution in [0.3, 0.4) is 0 Å². The summed E-state index contributed by atoms with van der Waals surface area (Å²) in [5.41, 5.74) is 3.27. The Morgan fingerprint density at radius 2 is 2.19 bits per heavy atom. The van der Waals surface area contributed by atoms with Gasteiger partial charge in [0.15, 0.2) is 0 Å². The molecule has 1 atom stereocenters. The lowest BCUT2D eigenvalue weighted by Gasteiger charge is -2.27. The first-order chi connectivity index (χ1) is 13.1. The van der Waals surface area contributed by atoms with Crippen LogP contribution in [0.5, 0.6) is 5.75 Å². The molecule has 0 saturated carbocycles. The lowest BCUT2D eigenvalue weighted by Crippen LogP contribution is -2.31. The molecule has 0 aliphatic heterocycles. The number of ether oxygens (including phenoxy) is 1. The maximum absolute atomic E-state index is 12.5. The van der Waals surface area contributed by atoms with Crippen molar-refractivity contribution in [2.75, 3.05) is 25.5 Å². The molecule has 0 spiro atoms. The van der Waals surface area contributed by atoms with Crippen molar-refractivity contribution in [2.45, 2.75) is 25.3 Å². The Bertz CT molecular complexity index is 860. The fourth-order valence-electron chi connectivity index (χ4n) is 3.61. The van der Waals surface area contributed by atoms with Gasteiger partial charge in [-0.05, 0) is 42.2 Å². The summed E-state index contributed by atoms with van der Waals surface area (Å²) in [7, 11) is 1.56. The van der Waals surface area contributed by atoms with E-state index in [1.54, 1.807) is 25.3 Å². The molecule has 0 bridgehead atoms. The Hall–Kier alpha value is -2.48. The molecule has 1 amide bonds. The smallest absolute Gasteiger partial charge is 0.225 e. The van der Waals surface area contributed by atoms with Crippen LogP contribution in [0.25, 0.3) is 0 Å². The summed E-state index contributed by atoms with van der Waals surface area (Å²) in [6, 6.07) is 13.9. The number of nitrogens with one attached hydrogen (secondary N) is 1. The average Bonchev–Trinajstić information content (AvgIpc) is 3.09. The molecule has 1 unspecified atom stereocenters. The number of hydrogen-bond donors (Lipinski definition) is 1. The Labute approximate surface area is 165 Å². The maximum Gasteiger partial charge on any atom is 0.225 e. The minimum Gasteiger partial charge on any atom is -0.495 e. The minimum absolute atomic E-state index is 0.0936. The van der Waals surface area contributed by atoms with Gasteiger partial charge in [0.05, 0.1) is 19.3 Å². The van der Waals surface area contributed by atoms with E-state index in [0.29, 0.717) is 36.0 Å². The predicted molar refractivity (Wildman–Crippen MR) is 109 cm³/mol. The normalized spacial score (nSPS) is 15.3. The molecule has 1 N–H and O–H groups in total. The predicted octanol–water partition coefficient (Wildman–Crippen LogP) is 4.30. The van der Waals surface area contributed by atoms with E-state index in [4.69, 9.17) is 22.8 Å². The molecule has 27 heavy (non-hydrogen) atoms. The van der Waals surface area contributed by atoms with Crippen molar-refractivity contribution in [3.8, 4) is 18.1 Å². The van der Waals surface area contributed by atoms with Crippen molar-refractivity contribution in [2.24, 2.45) is 0 Å². The van der Waals surface area contributed by atoms with Crippen molar-refractivity contribution in [3.05, 3.63) is 58.6 Å². The van der Waals surface area contributed by atoms with Gasteiger partial charge < -0.3 is 10.1 Å². The zero-order chi connectivity index (χ0) is 19.2. The molecule has 5 heteroatoms. The van der Waals surface area contributed by atoms with Crippen LogP contribution in [-0.2, 0) is 11.2 Å². The number of methoxy groups -OCH3 is 1. The van der Waals surface area contributed by atoms with E-state index in [2.05, 4.69) is 40.4 Å². The van der Waals surface area contributed by atoms with Crippen molar-refractivity contribution in [1.29, 1.82) is 0 Å². The van der Waals surface area contributed by atoms with Gasteiger partial charge in [-0.2, -0.15) is 0 Å². The molecule has 3 rings (SSSR count). The molecule has 140 valence electrons. The SMILES string of the molecule is C#CCN(CCC(=O)Nc1cc(Cl)ccc1OC)C1CCc2ccccc21. The number of terminal acetylenes is 1. The molecule has 1 aliphatic carbocycles. The minimum atomic E-state index is -0.0936. The number of nitrogens with zero attached hydrogens (tertiary/aromatic N) is 1. The van der Waals surface area contributed by atoms with Crippen LogP contribution in [-0.4, -0.2) is 31.0 Å². The molecule has 0 saturated heterocycles. The monoisotopic (exact) mass is 382 g/mol. The Morgan fingerprint density at radius 1 is 1.37 bits per heavy atom. The van der Waals surface area contributed by atoms with E-state index in [1.807, 2.05) is 0 Å². The number of fused-ring (bicyclic) bond motifs is 1. The van der Waals surface area contributed by atoms with Gasteiger partial charge in [-0.3, -0.25) is 9.69 Å². The first-order valence-electron chi connectivity index (χ1n) is 9.01. The number of halogens is 1. The van der Waals surface area contributed by atoms with Crippen molar-refractivity contribution >= 4 is 23.2 Å². The molecule has 0 fully saturated rings. The molecular weight excluding hydrogens is 360 g/mol. The standard InChI is InChI=1S/C22H23ClN2O2/c1-3-13-25(20-10-8-16-6-4-5-7-18(16)20)14-12-22(26)24-19-15-17(23)9-11-21(19)27-2/h1,4-7,9,11,15,20H,8,10,12-14H2,2H3,(H,24,26). The summed E-state index contributed by atoms with van der Waals surface area (Å²) in [6.07, 6.45) is 8.00. The van der Waals surface area contributed by atoms with Crippen LogP contribution in [0.2, 0.25) is 5.02 Å². The van der Waals surface area contributed by atoms with Gasteiger partial charge in [0.1, 0.15) is 5.75 Å². The highest BCUT2D eigenvalue weighted by Gasteiger charge is 2.27. The Kier molecular flexibility index (Phi) is 6.39. The van der Waals surface area contributed by atoms with E-state index >= 15 is 0 Å². The molecule has 2 aromatic rings. The zero-order valence-electron chi connectivity index (χ0n) is 15.4. The quantitative estimate of drug-likeness (QED) is 0.726. The molecular formula is C22H23ClN2O2.